The molecule has 30 heavy (non-hydrogen) atoms. The Labute approximate surface area is 177 Å². The van der Waals surface area contributed by atoms with Gasteiger partial charge in [0, 0.05) is 45.2 Å². The van der Waals surface area contributed by atoms with E-state index < -0.39 is 18.6 Å². The third-order valence-corrected chi connectivity index (χ3v) is 5.77. The predicted octanol–water partition coefficient (Wildman–Crippen LogP) is 1.84. The molecule has 1 aliphatic heterocycles. The van der Waals surface area contributed by atoms with Crippen molar-refractivity contribution in [2.75, 3.05) is 66.1 Å². The van der Waals surface area contributed by atoms with Crippen LogP contribution in [0.1, 0.15) is 39.0 Å². The summed E-state index contributed by atoms with van der Waals surface area (Å²) in [6.45, 7) is 6.06. The quantitative estimate of drug-likeness (QED) is 0.450. The molecule has 1 saturated heterocycles. The molecule has 0 radical (unpaired) electrons. The lowest BCUT2D eigenvalue weighted by atomic mass is 9.73. The van der Waals surface area contributed by atoms with Gasteiger partial charge in [0.05, 0.1) is 13.2 Å². The number of hydrogen-bond acceptors (Lipinski definition) is 4. The van der Waals surface area contributed by atoms with Crippen molar-refractivity contribution >= 4 is 11.9 Å². The first-order chi connectivity index (χ1) is 14.2. The molecule has 10 heteroatoms. The number of carbonyl (C=O) groups is 1. The average Bonchev–Trinajstić information content (AvgIpc) is 2.70. The van der Waals surface area contributed by atoms with Crippen LogP contribution in [0.2, 0.25) is 0 Å². The smallest absolute Gasteiger partial charge is 0.379 e. The number of ether oxygens (including phenoxy) is 1. The van der Waals surface area contributed by atoms with Crippen LogP contribution >= 0.6 is 0 Å². The molecule has 1 saturated carbocycles. The zero-order chi connectivity index (χ0) is 22.0. The van der Waals surface area contributed by atoms with E-state index in [1.807, 2.05) is 6.92 Å². The largest absolute Gasteiger partial charge is 0.406 e. The molecular formula is C20H36F3N5O2. The van der Waals surface area contributed by atoms with E-state index in [4.69, 9.17) is 4.74 Å². The number of morpholine rings is 1. The van der Waals surface area contributed by atoms with Crippen LogP contribution in [0.4, 0.5) is 13.2 Å². The first-order valence-corrected chi connectivity index (χ1v) is 10.9. The van der Waals surface area contributed by atoms with Crippen molar-refractivity contribution in [2.45, 2.75) is 45.2 Å². The van der Waals surface area contributed by atoms with Gasteiger partial charge >= 0.3 is 6.18 Å². The lowest BCUT2D eigenvalue weighted by Crippen LogP contribution is -2.51. The fraction of sp³-hybridized carbons (Fsp3) is 0.900. The molecule has 0 unspecified atom stereocenters. The van der Waals surface area contributed by atoms with Crippen molar-refractivity contribution in [3.8, 4) is 0 Å². The van der Waals surface area contributed by atoms with Gasteiger partial charge in [0.15, 0.2) is 5.96 Å². The number of aliphatic imine (C=N–C) groups is 1. The van der Waals surface area contributed by atoms with Crippen LogP contribution in [0.15, 0.2) is 4.99 Å². The Hall–Kier alpha value is -1.55. The Kier molecular flexibility index (Phi) is 9.67. The molecule has 0 atom stereocenters. The number of amides is 1. The molecule has 1 heterocycles. The van der Waals surface area contributed by atoms with Crippen molar-refractivity contribution in [1.29, 1.82) is 0 Å². The number of guanidine groups is 1. The van der Waals surface area contributed by atoms with Gasteiger partial charge in [-0.2, -0.15) is 13.2 Å². The standard InChI is InChI=1S/C20H36F3N5O2/c1-3-24-18(25-13-17(29)27(2)16-20(21,22)23)26-14-19(7-5-4-6-8-19)15-28-9-11-30-12-10-28/h3-16H2,1-2H3,(H2,24,25,26). The number of nitrogens with zero attached hydrogens (tertiary/aromatic N) is 3. The average molecular weight is 436 g/mol. The second-order valence-corrected chi connectivity index (χ2v) is 8.36. The summed E-state index contributed by atoms with van der Waals surface area (Å²) in [5.74, 6) is -0.191. The van der Waals surface area contributed by atoms with Crippen LogP contribution < -0.4 is 10.6 Å². The molecule has 2 N–H and O–H groups in total. The maximum atomic E-state index is 12.5. The van der Waals surface area contributed by atoms with Crippen molar-refractivity contribution in [3.05, 3.63) is 0 Å². The highest BCUT2D eigenvalue weighted by Crippen LogP contribution is 2.36. The minimum absolute atomic E-state index is 0.128. The first-order valence-electron chi connectivity index (χ1n) is 10.9. The summed E-state index contributed by atoms with van der Waals surface area (Å²) >= 11 is 0. The van der Waals surface area contributed by atoms with Gasteiger partial charge in [-0.3, -0.25) is 9.69 Å². The van der Waals surface area contributed by atoms with Crippen LogP contribution in [0.5, 0.6) is 0 Å². The molecule has 1 aliphatic carbocycles. The van der Waals surface area contributed by atoms with Crippen LogP contribution in [0.25, 0.3) is 0 Å². The number of alkyl halides is 3. The summed E-state index contributed by atoms with van der Waals surface area (Å²) in [6.07, 6.45) is 1.48. The molecule has 0 spiro atoms. The summed E-state index contributed by atoms with van der Waals surface area (Å²) in [5.41, 5.74) is 0.128. The van der Waals surface area contributed by atoms with Gasteiger partial charge in [0.25, 0.3) is 0 Å². The lowest BCUT2D eigenvalue weighted by molar-refractivity contribution is -0.157. The molecule has 0 bridgehead atoms. The fourth-order valence-corrected chi connectivity index (χ4v) is 4.16. The third-order valence-electron chi connectivity index (χ3n) is 5.77. The summed E-state index contributed by atoms with van der Waals surface area (Å²) in [7, 11) is 1.14. The molecule has 2 fully saturated rings. The highest BCUT2D eigenvalue weighted by atomic mass is 19.4. The highest BCUT2D eigenvalue weighted by molar-refractivity contribution is 5.84. The number of hydrogen-bond donors (Lipinski definition) is 2. The number of nitrogens with one attached hydrogen (secondary N) is 2. The van der Waals surface area contributed by atoms with Gasteiger partial charge in [0.1, 0.15) is 13.1 Å². The molecule has 0 aromatic carbocycles. The van der Waals surface area contributed by atoms with Gasteiger partial charge in [-0.05, 0) is 19.8 Å². The normalized spacial score (nSPS) is 20.6. The highest BCUT2D eigenvalue weighted by Gasteiger charge is 2.35. The van der Waals surface area contributed by atoms with Crippen molar-refractivity contribution in [3.63, 3.8) is 0 Å². The summed E-state index contributed by atoms with van der Waals surface area (Å²) in [6, 6.07) is 0. The summed E-state index contributed by atoms with van der Waals surface area (Å²) in [5, 5.41) is 6.45. The van der Waals surface area contributed by atoms with Gasteiger partial charge in [0.2, 0.25) is 5.91 Å². The van der Waals surface area contributed by atoms with Gasteiger partial charge in [-0.15, -0.1) is 0 Å². The number of likely N-dealkylation sites (N-methyl/N-ethyl adjacent to an activating group) is 1. The van der Waals surface area contributed by atoms with E-state index in [2.05, 4.69) is 20.5 Å². The number of carbonyl (C=O) groups excluding carboxylic acids is 1. The van der Waals surface area contributed by atoms with Gasteiger partial charge in [-0.25, -0.2) is 4.99 Å². The predicted molar refractivity (Wildman–Crippen MR) is 110 cm³/mol. The number of rotatable bonds is 8. The van der Waals surface area contributed by atoms with Crippen molar-refractivity contribution in [1.82, 2.24) is 20.4 Å². The minimum atomic E-state index is -4.41. The van der Waals surface area contributed by atoms with Crippen molar-refractivity contribution < 1.29 is 22.7 Å². The van der Waals surface area contributed by atoms with Crippen LogP contribution in [0.3, 0.4) is 0 Å². The summed E-state index contributed by atoms with van der Waals surface area (Å²) < 4.78 is 42.9. The monoisotopic (exact) mass is 435 g/mol. The molecular weight excluding hydrogens is 399 g/mol. The minimum Gasteiger partial charge on any atom is -0.379 e. The Morgan fingerprint density at radius 3 is 2.43 bits per heavy atom. The number of halogens is 3. The van der Waals surface area contributed by atoms with E-state index in [0.717, 1.165) is 59.3 Å². The Balaban J connectivity index is 1.95. The van der Waals surface area contributed by atoms with Gasteiger partial charge in [-0.1, -0.05) is 19.3 Å². The Morgan fingerprint density at radius 2 is 1.83 bits per heavy atom. The third kappa shape index (κ3) is 8.67. The molecule has 7 nitrogen and oxygen atoms in total. The Bertz CT molecular complexity index is 559. The maximum Gasteiger partial charge on any atom is 0.406 e. The van der Waals surface area contributed by atoms with E-state index in [0.29, 0.717) is 17.4 Å². The van der Waals surface area contributed by atoms with E-state index in [1.165, 1.54) is 19.3 Å². The first kappa shape index (κ1) is 24.7. The molecule has 0 aromatic rings. The van der Waals surface area contributed by atoms with E-state index in [9.17, 15) is 18.0 Å². The second-order valence-electron chi connectivity index (χ2n) is 8.36. The maximum absolute atomic E-state index is 12.5. The molecule has 1 amide bonds. The topological polar surface area (TPSA) is 69.2 Å². The van der Waals surface area contributed by atoms with E-state index >= 15 is 0 Å². The SMILES string of the molecule is CCNC(=NCC(=O)N(C)CC(F)(F)F)NCC1(CN2CCOCC2)CCCCC1. The molecule has 174 valence electrons. The second kappa shape index (κ2) is 11.7. The zero-order valence-corrected chi connectivity index (χ0v) is 18.2. The van der Waals surface area contributed by atoms with Crippen molar-refractivity contribution in [2.24, 2.45) is 10.4 Å². The van der Waals surface area contributed by atoms with E-state index in [1.54, 1.807) is 0 Å². The van der Waals surface area contributed by atoms with Crippen LogP contribution in [-0.2, 0) is 9.53 Å². The molecule has 2 aliphatic rings. The van der Waals surface area contributed by atoms with Crippen LogP contribution in [0, 0.1) is 5.41 Å². The van der Waals surface area contributed by atoms with Gasteiger partial charge < -0.3 is 20.3 Å². The molecule has 2 rings (SSSR count). The molecule has 0 aromatic heterocycles. The van der Waals surface area contributed by atoms with E-state index in [-0.39, 0.29) is 12.0 Å². The summed E-state index contributed by atoms with van der Waals surface area (Å²) in [4.78, 5) is 19.4. The zero-order valence-electron chi connectivity index (χ0n) is 18.2. The Morgan fingerprint density at radius 1 is 1.17 bits per heavy atom. The van der Waals surface area contributed by atoms with Crippen LogP contribution in [-0.4, -0.2) is 93.9 Å². The fourth-order valence-electron chi connectivity index (χ4n) is 4.16. The lowest BCUT2D eigenvalue weighted by Gasteiger charge is -2.42.